The quantitative estimate of drug-likeness (QED) is 0.741. The van der Waals surface area contributed by atoms with Crippen molar-refractivity contribution in [1.82, 2.24) is 5.32 Å². The summed E-state index contributed by atoms with van der Waals surface area (Å²) in [4.78, 5) is 10.3. The first kappa shape index (κ1) is 10.7. The first-order chi connectivity index (χ1) is 6.69. The third-order valence-corrected chi connectivity index (χ3v) is 2.24. The molecule has 0 bridgehead atoms. The molecule has 0 heterocycles. The fourth-order valence-electron chi connectivity index (χ4n) is 1.32. The number of aryl methyl sites for hydroxylation is 1. The normalized spacial score (nSPS) is 12.2. The number of carbonyl (C=O) groups excluding carboxylic acids is 1. The Balaban J connectivity index is 3.08. The highest BCUT2D eigenvalue weighted by Gasteiger charge is 2.09. The Bertz CT molecular complexity index is 323. The van der Waals surface area contributed by atoms with Crippen LogP contribution in [0, 0.1) is 6.92 Å². The van der Waals surface area contributed by atoms with Gasteiger partial charge in [-0.25, -0.2) is 0 Å². The lowest BCUT2D eigenvalue weighted by Crippen LogP contribution is -2.13. The van der Waals surface area contributed by atoms with Crippen LogP contribution in [0.25, 0.3) is 0 Å². The molecule has 1 N–H and O–H groups in total. The molecule has 76 valence electrons. The number of ether oxygens (including phenoxy) is 1. The molecule has 0 aliphatic heterocycles. The summed E-state index contributed by atoms with van der Waals surface area (Å²) in [5.41, 5.74) is 2.15. The van der Waals surface area contributed by atoms with Gasteiger partial charge in [0, 0.05) is 11.6 Å². The summed E-state index contributed by atoms with van der Waals surface area (Å²) in [5, 5.41) is 3.11. The maximum Gasteiger partial charge on any atom is 0.298 e. The molecule has 0 aliphatic carbocycles. The van der Waals surface area contributed by atoms with Crippen LogP contribution in [-0.4, -0.2) is 13.5 Å². The van der Waals surface area contributed by atoms with Crippen LogP contribution in [0.15, 0.2) is 18.2 Å². The third-order valence-electron chi connectivity index (χ3n) is 2.24. The first-order valence-electron chi connectivity index (χ1n) is 4.57. The van der Waals surface area contributed by atoms with Gasteiger partial charge >= 0.3 is 0 Å². The van der Waals surface area contributed by atoms with Crippen LogP contribution >= 0.6 is 0 Å². The fraction of sp³-hybridized carbons (Fsp3) is 0.364. The molecular formula is C11H15NO2. The lowest BCUT2D eigenvalue weighted by molar-refractivity contribution is -0.120. The van der Waals surface area contributed by atoms with Crippen molar-refractivity contribution in [1.29, 1.82) is 0 Å². The van der Waals surface area contributed by atoms with Crippen LogP contribution in [-0.2, 0) is 4.79 Å². The van der Waals surface area contributed by atoms with E-state index in [0.29, 0.717) is 12.2 Å². The lowest BCUT2D eigenvalue weighted by Gasteiger charge is -2.14. The Morgan fingerprint density at radius 1 is 1.50 bits per heavy atom. The summed E-state index contributed by atoms with van der Waals surface area (Å²) in [6.07, 6.45) is 0. The zero-order chi connectivity index (χ0) is 10.6. The average molecular weight is 193 g/mol. The van der Waals surface area contributed by atoms with E-state index in [4.69, 9.17) is 4.74 Å². The second kappa shape index (κ2) is 4.77. The molecule has 1 rings (SSSR count). The van der Waals surface area contributed by atoms with Gasteiger partial charge in [-0.3, -0.25) is 4.79 Å². The monoisotopic (exact) mass is 193 g/mol. The van der Waals surface area contributed by atoms with Crippen molar-refractivity contribution in [2.24, 2.45) is 0 Å². The van der Waals surface area contributed by atoms with Crippen molar-refractivity contribution in [3.63, 3.8) is 0 Å². The van der Waals surface area contributed by atoms with Crippen molar-refractivity contribution >= 4 is 6.47 Å². The van der Waals surface area contributed by atoms with Crippen molar-refractivity contribution in [2.45, 2.75) is 19.9 Å². The Kier molecular flexibility index (Phi) is 3.65. The van der Waals surface area contributed by atoms with Gasteiger partial charge in [0.1, 0.15) is 5.75 Å². The molecule has 1 aromatic rings. The van der Waals surface area contributed by atoms with E-state index in [2.05, 4.69) is 5.32 Å². The van der Waals surface area contributed by atoms with Crippen molar-refractivity contribution in [3.8, 4) is 5.75 Å². The van der Waals surface area contributed by atoms with Gasteiger partial charge < -0.3 is 10.1 Å². The smallest absolute Gasteiger partial charge is 0.298 e. The third kappa shape index (κ3) is 2.33. The van der Waals surface area contributed by atoms with Gasteiger partial charge in [0.25, 0.3) is 6.47 Å². The molecule has 0 aliphatic rings. The number of hydrogen-bond donors (Lipinski definition) is 1. The summed E-state index contributed by atoms with van der Waals surface area (Å²) in [6, 6.07) is 5.92. The molecule has 0 fully saturated rings. The number of rotatable bonds is 4. The Morgan fingerprint density at radius 2 is 2.21 bits per heavy atom. The Hall–Kier alpha value is -1.35. The van der Waals surface area contributed by atoms with Gasteiger partial charge in [0.05, 0.1) is 0 Å². The van der Waals surface area contributed by atoms with E-state index in [0.717, 1.165) is 11.1 Å². The molecule has 3 heteroatoms. The van der Waals surface area contributed by atoms with Crippen LogP contribution in [0.5, 0.6) is 5.75 Å². The second-order valence-electron chi connectivity index (χ2n) is 3.27. The van der Waals surface area contributed by atoms with Crippen molar-refractivity contribution < 1.29 is 9.53 Å². The Labute approximate surface area is 84.1 Å². The molecule has 1 unspecified atom stereocenters. The van der Waals surface area contributed by atoms with Crippen LogP contribution in [0.3, 0.4) is 0 Å². The van der Waals surface area contributed by atoms with Crippen LogP contribution in [0.2, 0.25) is 0 Å². The van der Waals surface area contributed by atoms with Gasteiger partial charge in [-0.05, 0) is 27.0 Å². The topological polar surface area (TPSA) is 38.3 Å². The lowest BCUT2D eigenvalue weighted by atomic mass is 10.0. The number of benzene rings is 1. The van der Waals surface area contributed by atoms with Crippen LogP contribution in [0.4, 0.5) is 0 Å². The van der Waals surface area contributed by atoms with Crippen LogP contribution in [0.1, 0.15) is 24.1 Å². The van der Waals surface area contributed by atoms with Crippen molar-refractivity contribution in [2.75, 3.05) is 7.05 Å². The molecule has 0 saturated carbocycles. The highest BCUT2D eigenvalue weighted by Crippen LogP contribution is 2.25. The minimum absolute atomic E-state index is 0.171. The first-order valence-corrected chi connectivity index (χ1v) is 4.57. The van der Waals surface area contributed by atoms with E-state index in [1.807, 2.05) is 39.1 Å². The predicted octanol–water partition coefficient (Wildman–Crippen LogP) is 1.81. The largest absolute Gasteiger partial charge is 0.428 e. The molecule has 0 amide bonds. The van der Waals surface area contributed by atoms with E-state index in [1.165, 1.54) is 0 Å². The summed E-state index contributed by atoms with van der Waals surface area (Å²) >= 11 is 0. The highest BCUT2D eigenvalue weighted by molar-refractivity contribution is 5.49. The zero-order valence-electron chi connectivity index (χ0n) is 8.70. The minimum atomic E-state index is 0.171. The maximum absolute atomic E-state index is 10.3. The van der Waals surface area contributed by atoms with Gasteiger partial charge in [-0.15, -0.1) is 0 Å². The second-order valence-corrected chi connectivity index (χ2v) is 3.27. The molecule has 1 aromatic carbocycles. The summed E-state index contributed by atoms with van der Waals surface area (Å²) in [7, 11) is 1.87. The zero-order valence-corrected chi connectivity index (χ0v) is 8.70. The number of carbonyl (C=O) groups is 1. The molecular weight excluding hydrogens is 178 g/mol. The summed E-state index contributed by atoms with van der Waals surface area (Å²) in [5.74, 6) is 0.618. The minimum Gasteiger partial charge on any atom is -0.428 e. The predicted molar refractivity (Wildman–Crippen MR) is 55.3 cm³/mol. The maximum atomic E-state index is 10.3. The fourth-order valence-corrected chi connectivity index (χ4v) is 1.32. The summed E-state index contributed by atoms with van der Waals surface area (Å²) < 4.78 is 4.89. The standard InChI is InChI=1S/C11H15NO2/c1-8-4-5-11(14-7-13)10(6-8)9(2)12-3/h4-7,9,12H,1-3H3. The molecule has 0 spiro atoms. The highest BCUT2D eigenvalue weighted by atomic mass is 16.5. The van der Waals surface area contributed by atoms with Gasteiger partial charge in [0.15, 0.2) is 0 Å². The van der Waals surface area contributed by atoms with E-state index in [-0.39, 0.29) is 6.04 Å². The Morgan fingerprint density at radius 3 is 2.79 bits per heavy atom. The van der Waals surface area contributed by atoms with Crippen molar-refractivity contribution in [3.05, 3.63) is 29.3 Å². The molecule has 3 nitrogen and oxygen atoms in total. The van der Waals surface area contributed by atoms with Gasteiger partial charge in [0.2, 0.25) is 0 Å². The van der Waals surface area contributed by atoms with E-state index >= 15 is 0 Å². The van der Waals surface area contributed by atoms with Gasteiger partial charge in [-0.1, -0.05) is 17.7 Å². The SMILES string of the molecule is CNC(C)c1cc(C)ccc1OC=O. The molecule has 14 heavy (non-hydrogen) atoms. The molecule has 0 saturated heterocycles. The van der Waals surface area contributed by atoms with E-state index in [1.54, 1.807) is 0 Å². The van der Waals surface area contributed by atoms with E-state index in [9.17, 15) is 4.79 Å². The molecule has 1 atom stereocenters. The molecule has 0 aromatic heterocycles. The van der Waals surface area contributed by atoms with E-state index < -0.39 is 0 Å². The number of hydrogen-bond acceptors (Lipinski definition) is 3. The molecule has 0 radical (unpaired) electrons. The summed E-state index contributed by atoms with van der Waals surface area (Å²) in [6.45, 7) is 4.49. The van der Waals surface area contributed by atoms with Gasteiger partial charge in [-0.2, -0.15) is 0 Å². The van der Waals surface area contributed by atoms with Crippen LogP contribution < -0.4 is 10.1 Å². The average Bonchev–Trinajstić information content (AvgIpc) is 2.20. The number of nitrogens with one attached hydrogen (secondary N) is 1.